The van der Waals surface area contributed by atoms with Crippen molar-refractivity contribution in [2.24, 2.45) is 0 Å². The normalized spacial score (nSPS) is 21.1. The third-order valence-electron chi connectivity index (χ3n) is 3.37. The number of alkyl halides is 2. The lowest BCUT2D eigenvalue weighted by atomic mass is 9.99. The summed E-state index contributed by atoms with van der Waals surface area (Å²) in [5.41, 5.74) is 1.91. The van der Waals surface area contributed by atoms with Crippen LogP contribution in [0.15, 0.2) is 36.4 Å². The van der Waals surface area contributed by atoms with Crippen LogP contribution in [0.25, 0.3) is 0 Å². The first-order valence-electron chi connectivity index (χ1n) is 5.91. The number of halogens is 4. The molecule has 3 rings (SSSR count). The number of hydrogen-bond acceptors (Lipinski definition) is 1. The van der Waals surface area contributed by atoms with E-state index in [1.54, 1.807) is 12.1 Å². The van der Waals surface area contributed by atoms with E-state index in [-0.39, 0.29) is 26.6 Å². The first kappa shape index (κ1) is 13.9. The van der Waals surface area contributed by atoms with Crippen molar-refractivity contribution in [1.29, 1.82) is 0 Å². The molecule has 0 saturated carbocycles. The van der Waals surface area contributed by atoms with Crippen LogP contribution in [0.1, 0.15) is 36.7 Å². The van der Waals surface area contributed by atoms with E-state index in [0.29, 0.717) is 11.1 Å². The number of carbonyl (C=O) groups excluding carboxylic acids is 1. The average Bonchev–Trinajstić information content (AvgIpc) is 2.50. The fraction of sp³-hybridized carbons (Fsp3) is 0.133. The zero-order chi connectivity index (χ0) is 14.4. The molecule has 1 aliphatic rings. The van der Waals surface area contributed by atoms with Crippen LogP contribution in [-0.2, 0) is 0 Å². The highest BCUT2D eigenvalue weighted by atomic mass is 79.9. The molecule has 5 heteroatoms. The fourth-order valence-electron chi connectivity index (χ4n) is 2.39. The summed E-state index contributed by atoms with van der Waals surface area (Å²) < 4.78 is 26.9. The zero-order valence-corrected chi connectivity index (χ0v) is 13.2. The molecule has 20 heavy (non-hydrogen) atoms. The van der Waals surface area contributed by atoms with E-state index in [1.165, 1.54) is 24.3 Å². The standard InChI is InChI=1S/C15H8Br2F2O/c16-13-9-3-1-7(18)5-11(9)15(20)12-6-8(19)2-4-10(12)14(13)17/h1-6,13-14H/t13-,14-/m1/s1. The Morgan fingerprint density at radius 2 is 1.20 bits per heavy atom. The fourth-order valence-corrected chi connectivity index (χ4v) is 3.76. The quantitative estimate of drug-likeness (QED) is 0.562. The largest absolute Gasteiger partial charge is 0.289 e. The molecule has 2 atom stereocenters. The second-order valence-corrected chi connectivity index (χ2v) is 6.57. The van der Waals surface area contributed by atoms with Gasteiger partial charge in [-0.25, -0.2) is 8.78 Å². The maximum Gasteiger partial charge on any atom is 0.193 e. The molecule has 2 aromatic carbocycles. The van der Waals surface area contributed by atoms with Gasteiger partial charge in [0, 0.05) is 11.1 Å². The van der Waals surface area contributed by atoms with E-state index in [9.17, 15) is 13.6 Å². The van der Waals surface area contributed by atoms with E-state index in [2.05, 4.69) is 31.9 Å². The van der Waals surface area contributed by atoms with Gasteiger partial charge in [-0.1, -0.05) is 44.0 Å². The zero-order valence-electron chi connectivity index (χ0n) is 10.0. The van der Waals surface area contributed by atoms with Crippen molar-refractivity contribution in [3.05, 3.63) is 70.3 Å². The molecule has 1 nitrogen and oxygen atoms in total. The molecule has 0 bridgehead atoms. The van der Waals surface area contributed by atoms with Gasteiger partial charge in [0.1, 0.15) is 11.6 Å². The number of carbonyl (C=O) groups is 1. The summed E-state index contributed by atoms with van der Waals surface area (Å²) in [5.74, 6) is -1.33. The Bertz CT molecular complexity index is 656. The summed E-state index contributed by atoms with van der Waals surface area (Å²) in [6.07, 6.45) is 0. The molecule has 0 N–H and O–H groups in total. The monoisotopic (exact) mass is 400 g/mol. The third kappa shape index (κ3) is 2.13. The summed E-state index contributed by atoms with van der Waals surface area (Å²) in [6.45, 7) is 0. The Labute approximate surface area is 131 Å². The van der Waals surface area contributed by atoms with E-state index < -0.39 is 11.6 Å². The van der Waals surface area contributed by atoms with Gasteiger partial charge in [-0.3, -0.25) is 4.79 Å². The van der Waals surface area contributed by atoms with Crippen molar-refractivity contribution in [1.82, 2.24) is 0 Å². The van der Waals surface area contributed by atoms with Crippen molar-refractivity contribution in [2.45, 2.75) is 9.65 Å². The van der Waals surface area contributed by atoms with Crippen LogP contribution in [0.4, 0.5) is 8.78 Å². The molecule has 1 aliphatic carbocycles. The molecule has 2 aromatic rings. The summed E-state index contributed by atoms with van der Waals surface area (Å²) in [5, 5.41) is 0. The van der Waals surface area contributed by atoms with Gasteiger partial charge in [-0.15, -0.1) is 0 Å². The minimum Gasteiger partial charge on any atom is -0.289 e. The molecular formula is C15H8Br2F2O. The van der Waals surface area contributed by atoms with Gasteiger partial charge in [-0.05, 0) is 35.4 Å². The van der Waals surface area contributed by atoms with Gasteiger partial charge in [0.05, 0.1) is 9.65 Å². The second-order valence-electron chi connectivity index (χ2n) is 4.60. The van der Waals surface area contributed by atoms with Crippen LogP contribution in [-0.4, -0.2) is 5.78 Å². The van der Waals surface area contributed by atoms with Crippen LogP contribution in [0.5, 0.6) is 0 Å². The topological polar surface area (TPSA) is 17.1 Å². The van der Waals surface area contributed by atoms with E-state index in [1.807, 2.05) is 0 Å². The highest BCUT2D eigenvalue weighted by Crippen LogP contribution is 2.47. The molecule has 0 heterocycles. The Hall–Kier alpha value is -1.07. The lowest BCUT2D eigenvalue weighted by Crippen LogP contribution is -2.05. The average molecular weight is 402 g/mol. The first-order chi connectivity index (χ1) is 9.49. The number of fused-ring (bicyclic) bond motifs is 2. The lowest BCUT2D eigenvalue weighted by molar-refractivity contribution is 0.103. The van der Waals surface area contributed by atoms with Gasteiger partial charge in [0.25, 0.3) is 0 Å². The minimum absolute atomic E-state index is 0.200. The van der Waals surface area contributed by atoms with Crippen LogP contribution in [0.2, 0.25) is 0 Å². The number of benzene rings is 2. The lowest BCUT2D eigenvalue weighted by Gasteiger charge is -2.16. The number of rotatable bonds is 0. The molecule has 0 spiro atoms. The molecular weight excluding hydrogens is 394 g/mol. The summed E-state index contributed by atoms with van der Waals surface area (Å²) in [4.78, 5) is 12.1. The highest BCUT2D eigenvalue weighted by Gasteiger charge is 2.32. The maximum atomic E-state index is 13.4. The Balaban J connectivity index is 2.32. The van der Waals surface area contributed by atoms with Crippen molar-refractivity contribution >= 4 is 37.6 Å². The first-order valence-corrected chi connectivity index (χ1v) is 7.74. The van der Waals surface area contributed by atoms with Crippen molar-refractivity contribution in [3.8, 4) is 0 Å². The van der Waals surface area contributed by atoms with Gasteiger partial charge in [0.2, 0.25) is 0 Å². The van der Waals surface area contributed by atoms with Gasteiger partial charge < -0.3 is 0 Å². The summed E-state index contributed by atoms with van der Waals surface area (Å²) >= 11 is 7.06. The molecule has 0 aromatic heterocycles. The van der Waals surface area contributed by atoms with Crippen LogP contribution in [0.3, 0.4) is 0 Å². The Kier molecular flexibility index (Phi) is 3.50. The Morgan fingerprint density at radius 1 is 0.800 bits per heavy atom. The Morgan fingerprint density at radius 3 is 1.60 bits per heavy atom. The third-order valence-corrected chi connectivity index (χ3v) is 6.12. The van der Waals surface area contributed by atoms with E-state index in [4.69, 9.17) is 0 Å². The van der Waals surface area contributed by atoms with Gasteiger partial charge >= 0.3 is 0 Å². The van der Waals surface area contributed by atoms with Crippen molar-refractivity contribution in [2.75, 3.05) is 0 Å². The smallest absolute Gasteiger partial charge is 0.193 e. The summed E-state index contributed by atoms with van der Waals surface area (Å²) in [6, 6.07) is 8.20. The minimum atomic E-state index is -0.484. The molecule has 0 radical (unpaired) electrons. The SMILES string of the molecule is O=C1c2cc(F)ccc2[C@@H](Br)[C@H](Br)c2ccc(F)cc21. The second kappa shape index (κ2) is 5.04. The van der Waals surface area contributed by atoms with E-state index >= 15 is 0 Å². The number of ketones is 1. The van der Waals surface area contributed by atoms with E-state index in [0.717, 1.165) is 0 Å². The molecule has 0 saturated heterocycles. The maximum absolute atomic E-state index is 13.4. The molecule has 0 aliphatic heterocycles. The highest BCUT2D eigenvalue weighted by molar-refractivity contribution is 9.12. The van der Waals surface area contributed by atoms with Crippen LogP contribution < -0.4 is 0 Å². The van der Waals surface area contributed by atoms with Crippen molar-refractivity contribution < 1.29 is 13.6 Å². The molecule has 102 valence electrons. The molecule has 0 amide bonds. The number of hydrogen-bond donors (Lipinski definition) is 0. The van der Waals surface area contributed by atoms with Gasteiger partial charge in [-0.2, -0.15) is 0 Å². The predicted octanol–water partition coefficient (Wildman–Crippen LogP) is 5.08. The molecule has 0 unspecified atom stereocenters. The van der Waals surface area contributed by atoms with Crippen LogP contribution >= 0.6 is 31.9 Å². The molecule has 0 fully saturated rings. The van der Waals surface area contributed by atoms with Crippen LogP contribution in [0, 0.1) is 11.6 Å². The predicted molar refractivity (Wildman–Crippen MR) is 79.6 cm³/mol. The van der Waals surface area contributed by atoms with Gasteiger partial charge in [0.15, 0.2) is 5.78 Å². The van der Waals surface area contributed by atoms with Crippen molar-refractivity contribution in [3.63, 3.8) is 0 Å². The summed E-state index contributed by atoms with van der Waals surface area (Å²) in [7, 11) is 0.